The van der Waals surface area contributed by atoms with Crippen LogP contribution >= 0.6 is 0 Å². The molecule has 1 fully saturated rings. The van der Waals surface area contributed by atoms with Crippen molar-refractivity contribution in [3.05, 3.63) is 0 Å². The number of carbonyl (C=O) groups excluding carboxylic acids is 1. The molecule has 0 aromatic heterocycles. The average Bonchev–Trinajstić information content (AvgIpc) is 1.59. The Bertz CT molecular complexity index is 114. The molecule has 0 saturated carbocycles. The van der Waals surface area contributed by atoms with Gasteiger partial charge < -0.3 is 15.9 Å². The summed E-state index contributed by atoms with van der Waals surface area (Å²) in [6, 6.07) is 0.140. The first-order chi connectivity index (χ1) is 4.18. The van der Waals surface area contributed by atoms with Gasteiger partial charge in [0.1, 0.15) is 0 Å². The van der Waals surface area contributed by atoms with E-state index in [4.69, 9.17) is 5.11 Å². The van der Waals surface area contributed by atoms with E-state index in [0.717, 1.165) is 0 Å². The number of hydrogen-bond donors (Lipinski definition) is 2. The van der Waals surface area contributed by atoms with E-state index in [1.54, 1.807) is 0 Å². The van der Waals surface area contributed by atoms with Crippen LogP contribution in [0.25, 0.3) is 0 Å². The van der Waals surface area contributed by atoms with Crippen LogP contribution in [0, 0.1) is 0 Å². The van der Waals surface area contributed by atoms with Gasteiger partial charge in [0.05, 0.1) is 12.5 Å². The molecule has 1 saturated heterocycles. The summed E-state index contributed by atoms with van der Waals surface area (Å²) < 4.78 is 0. The van der Waals surface area contributed by atoms with Crippen LogP contribution in [-0.4, -0.2) is 28.6 Å². The van der Waals surface area contributed by atoms with Crippen LogP contribution in [0.15, 0.2) is 0 Å². The maximum atomic E-state index is 10.6. The van der Waals surface area contributed by atoms with Gasteiger partial charge in [-0.1, -0.05) is 0 Å². The zero-order chi connectivity index (χ0) is 6.85. The molecule has 10 heavy (non-hydrogen) atoms. The van der Waals surface area contributed by atoms with E-state index in [1.165, 1.54) is 0 Å². The number of piperidine rings is 1. The quantitative estimate of drug-likeness (QED) is 0.452. The summed E-state index contributed by atoms with van der Waals surface area (Å²) in [5, 5.41) is 11.7. The Balaban J connectivity index is 0.000000810. The SMILES string of the molecule is CC1CC(O)CC(=O)N1.O. The predicted octanol–water partition coefficient (Wildman–Crippen LogP) is -1.18. The molecule has 4 heteroatoms. The monoisotopic (exact) mass is 147 g/mol. The normalized spacial score (nSPS) is 32.4. The minimum atomic E-state index is -0.422. The zero-order valence-corrected chi connectivity index (χ0v) is 5.92. The Morgan fingerprint density at radius 2 is 2.30 bits per heavy atom. The molecule has 1 aliphatic heterocycles. The lowest BCUT2D eigenvalue weighted by molar-refractivity contribution is -0.126. The highest BCUT2D eigenvalue weighted by atomic mass is 16.3. The third-order valence-corrected chi connectivity index (χ3v) is 1.45. The summed E-state index contributed by atoms with van der Waals surface area (Å²) in [4.78, 5) is 10.6. The van der Waals surface area contributed by atoms with Crippen LogP contribution in [0.5, 0.6) is 0 Å². The first-order valence-corrected chi connectivity index (χ1v) is 3.16. The van der Waals surface area contributed by atoms with E-state index >= 15 is 0 Å². The summed E-state index contributed by atoms with van der Waals surface area (Å²) in [5.74, 6) is -0.0405. The van der Waals surface area contributed by atoms with E-state index in [9.17, 15) is 4.79 Å². The number of hydrogen-bond acceptors (Lipinski definition) is 2. The standard InChI is InChI=1S/C6H11NO2.H2O/c1-4-2-5(8)3-6(9)7-4;/h4-5,8H,2-3H2,1H3,(H,7,9);1H2. The van der Waals surface area contributed by atoms with Crippen molar-refractivity contribution in [2.45, 2.75) is 31.9 Å². The Morgan fingerprint density at radius 1 is 1.70 bits per heavy atom. The second kappa shape index (κ2) is 3.53. The molecule has 4 nitrogen and oxygen atoms in total. The van der Waals surface area contributed by atoms with Gasteiger partial charge in [-0.3, -0.25) is 4.79 Å². The number of rotatable bonds is 0. The third-order valence-electron chi connectivity index (χ3n) is 1.45. The topological polar surface area (TPSA) is 80.8 Å². The first kappa shape index (κ1) is 9.39. The van der Waals surface area contributed by atoms with E-state index in [0.29, 0.717) is 6.42 Å². The summed E-state index contributed by atoms with van der Waals surface area (Å²) in [6.45, 7) is 1.89. The summed E-state index contributed by atoms with van der Waals surface area (Å²) in [6.07, 6.45) is 0.532. The number of aliphatic hydroxyl groups excluding tert-OH is 1. The molecule has 0 spiro atoms. The zero-order valence-electron chi connectivity index (χ0n) is 5.92. The van der Waals surface area contributed by atoms with Gasteiger partial charge in [-0.15, -0.1) is 0 Å². The van der Waals surface area contributed by atoms with Crippen LogP contribution in [0.2, 0.25) is 0 Å². The molecular weight excluding hydrogens is 134 g/mol. The molecule has 1 amide bonds. The molecule has 1 rings (SSSR count). The van der Waals surface area contributed by atoms with Gasteiger partial charge in [0, 0.05) is 6.04 Å². The van der Waals surface area contributed by atoms with Gasteiger partial charge in [0.25, 0.3) is 0 Å². The highest BCUT2D eigenvalue weighted by molar-refractivity contribution is 5.77. The molecule has 1 aliphatic rings. The predicted molar refractivity (Wildman–Crippen MR) is 36.5 cm³/mol. The molecule has 1 heterocycles. The highest BCUT2D eigenvalue weighted by Crippen LogP contribution is 2.07. The van der Waals surface area contributed by atoms with Gasteiger partial charge in [-0.05, 0) is 13.3 Å². The minimum Gasteiger partial charge on any atom is -0.412 e. The van der Waals surface area contributed by atoms with E-state index in [1.807, 2.05) is 6.92 Å². The van der Waals surface area contributed by atoms with Crippen molar-refractivity contribution in [3.8, 4) is 0 Å². The summed E-state index contributed by atoms with van der Waals surface area (Å²) >= 11 is 0. The largest absolute Gasteiger partial charge is 0.412 e. The molecule has 2 atom stereocenters. The van der Waals surface area contributed by atoms with Crippen molar-refractivity contribution >= 4 is 5.91 Å². The lowest BCUT2D eigenvalue weighted by atomic mass is 10.0. The Morgan fingerprint density at radius 3 is 2.70 bits per heavy atom. The lowest BCUT2D eigenvalue weighted by Gasteiger charge is -2.23. The van der Waals surface area contributed by atoms with Crippen molar-refractivity contribution in [1.29, 1.82) is 0 Å². The second-order valence-electron chi connectivity index (χ2n) is 2.56. The van der Waals surface area contributed by atoms with Gasteiger partial charge in [0.2, 0.25) is 5.91 Å². The van der Waals surface area contributed by atoms with Crippen LogP contribution in [0.4, 0.5) is 0 Å². The number of carbonyl (C=O) groups is 1. The molecule has 0 aromatic carbocycles. The second-order valence-corrected chi connectivity index (χ2v) is 2.56. The Hall–Kier alpha value is -0.610. The Labute approximate surface area is 59.5 Å². The van der Waals surface area contributed by atoms with E-state index in [-0.39, 0.29) is 23.8 Å². The fourth-order valence-electron chi connectivity index (χ4n) is 1.10. The van der Waals surface area contributed by atoms with Gasteiger partial charge in [-0.25, -0.2) is 0 Å². The highest BCUT2D eigenvalue weighted by Gasteiger charge is 2.20. The van der Waals surface area contributed by atoms with Gasteiger partial charge in [0.15, 0.2) is 0 Å². The van der Waals surface area contributed by atoms with E-state index < -0.39 is 6.10 Å². The molecule has 2 unspecified atom stereocenters. The fraction of sp³-hybridized carbons (Fsp3) is 0.833. The van der Waals surface area contributed by atoms with Gasteiger partial charge >= 0.3 is 0 Å². The minimum absolute atomic E-state index is 0. The first-order valence-electron chi connectivity index (χ1n) is 3.16. The lowest BCUT2D eigenvalue weighted by Crippen LogP contribution is -2.42. The van der Waals surface area contributed by atoms with Crippen molar-refractivity contribution in [1.82, 2.24) is 5.32 Å². The molecular formula is C6H13NO3. The van der Waals surface area contributed by atoms with Crippen LogP contribution in [0.3, 0.4) is 0 Å². The van der Waals surface area contributed by atoms with Crippen molar-refractivity contribution < 1.29 is 15.4 Å². The molecule has 0 aromatic rings. The van der Waals surface area contributed by atoms with Crippen molar-refractivity contribution in [3.63, 3.8) is 0 Å². The third kappa shape index (κ3) is 2.33. The maximum Gasteiger partial charge on any atom is 0.222 e. The van der Waals surface area contributed by atoms with Crippen LogP contribution in [-0.2, 0) is 4.79 Å². The number of nitrogens with one attached hydrogen (secondary N) is 1. The van der Waals surface area contributed by atoms with Crippen molar-refractivity contribution in [2.24, 2.45) is 0 Å². The summed E-state index contributed by atoms with van der Waals surface area (Å²) in [7, 11) is 0. The average molecular weight is 147 g/mol. The van der Waals surface area contributed by atoms with Gasteiger partial charge in [-0.2, -0.15) is 0 Å². The van der Waals surface area contributed by atoms with E-state index in [2.05, 4.69) is 5.32 Å². The number of aliphatic hydroxyl groups is 1. The molecule has 0 bridgehead atoms. The Kier molecular flexibility index (Phi) is 3.32. The maximum absolute atomic E-state index is 10.6. The fourth-order valence-corrected chi connectivity index (χ4v) is 1.10. The molecule has 4 N–H and O–H groups in total. The molecule has 0 aliphatic carbocycles. The molecule has 60 valence electrons. The number of amides is 1. The van der Waals surface area contributed by atoms with Crippen LogP contribution in [0.1, 0.15) is 19.8 Å². The molecule has 0 radical (unpaired) electrons. The summed E-state index contributed by atoms with van der Waals surface area (Å²) in [5.41, 5.74) is 0. The van der Waals surface area contributed by atoms with Crippen molar-refractivity contribution in [2.75, 3.05) is 0 Å². The van der Waals surface area contributed by atoms with Crippen LogP contribution < -0.4 is 5.32 Å². The smallest absolute Gasteiger partial charge is 0.222 e.